The van der Waals surface area contributed by atoms with Gasteiger partial charge in [-0.05, 0) is 19.5 Å². The largest absolute Gasteiger partial charge is 0.379 e. The van der Waals surface area contributed by atoms with Crippen molar-refractivity contribution in [3.8, 4) is 0 Å². The van der Waals surface area contributed by atoms with Gasteiger partial charge in [0, 0.05) is 24.8 Å². The van der Waals surface area contributed by atoms with Crippen molar-refractivity contribution >= 4 is 11.6 Å². The predicted molar refractivity (Wildman–Crippen MR) is 76.8 cm³/mol. The van der Waals surface area contributed by atoms with Gasteiger partial charge in [-0.2, -0.15) is 0 Å². The maximum absolute atomic E-state index is 12.2. The molecule has 110 valence electrons. The first-order valence-corrected chi connectivity index (χ1v) is 6.92. The van der Waals surface area contributed by atoms with E-state index in [1.807, 2.05) is 14.0 Å². The molecule has 1 aromatic heterocycles. The van der Waals surface area contributed by atoms with Crippen molar-refractivity contribution in [3.05, 3.63) is 28.7 Å². The van der Waals surface area contributed by atoms with Crippen LogP contribution in [0.4, 0.5) is 5.69 Å². The van der Waals surface area contributed by atoms with Gasteiger partial charge in [-0.25, -0.2) is 0 Å². The topological polar surface area (TPSA) is 72.4 Å². The summed E-state index contributed by atoms with van der Waals surface area (Å²) in [6, 6.07) is 3.15. The summed E-state index contributed by atoms with van der Waals surface area (Å²) in [7, 11) is 1.82. The summed E-state index contributed by atoms with van der Waals surface area (Å²) >= 11 is 0. The molecule has 20 heavy (non-hydrogen) atoms. The predicted octanol–water partition coefficient (Wildman–Crippen LogP) is 0.431. The van der Waals surface area contributed by atoms with Gasteiger partial charge >= 0.3 is 0 Å². The summed E-state index contributed by atoms with van der Waals surface area (Å²) in [5.74, 6) is -0.282. The first-order valence-electron chi connectivity index (χ1n) is 6.92. The van der Waals surface area contributed by atoms with Gasteiger partial charge < -0.3 is 19.9 Å². The molecule has 2 N–H and O–H groups in total. The van der Waals surface area contributed by atoms with Gasteiger partial charge in [0.1, 0.15) is 0 Å². The highest BCUT2D eigenvalue weighted by Gasteiger charge is 2.32. The lowest BCUT2D eigenvalue weighted by Gasteiger charge is -2.16. The number of nitrogens with zero attached hydrogens (tertiary/aromatic N) is 1. The summed E-state index contributed by atoms with van der Waals surface area (Å²) in [6.45, 7) is 3.62. The van der Waals surface area contributed by atoms with Gasteiger partial charge in [-0.15, -0.1) is 0 Å². The molecular formula is C14H21N3O3. The van der Waals surface area contributed by atoms with Gasteiger partial charge in [-0.3, -0.25) is 9.59 Å². The molecule has 0 bridgehead atoms. The molecule has 0 spiro atoms. The molecule has 0 aliphatic carbocycles. The zero-order valence-electron chi connectivity index (χ0n) is 11.9. The van der Waals surface area contributed by atoms with E-state index in [2.05, 4.69) is 10.6 Å². The van der Waals surface area contributed by atoms with Gasteiger partial charge in [0.2, 0.25) is 5.91 Å². The molecule has 2 rings (SSSR count). The fourth-order valence-corrected chi connectivity index (χ4v) is 2.35. The van der Waals surface area contributed by atoms with Crippen LogP contribution in [0.3, 0.4) is 0 Å². The van der Waals surface area contributed by atoms with Crippen LogP contribution in [0, 0.1) is 5.92 Å². The minimum absolute atomic E-state index is 0.0385. The summed E-state index contributed by atoms with van der Waals surface area (Å²) in [5.41, 5.74) is 0.590. The van der Waals surface area contributed by atoms with E-state index in [0.29, 0.717) is 25.4 Å². The molecular weight excluding hydrogens is 258 g/mol. The number of hydrogen-bond donors (Lipinski definition) is 2. The average molecular weight is 279 g/mol. The number of carbonyl (C=O) groups is 1. The molecule has 0 aromatic carbocycles. The van der Waals surface area contributed by atoms with Crippen molar-refractivity contribution in [1.29, 1.82) is 0 Å². The number of ether oxygens (including phenoxy) is 1. The molecule has 6 nitrogen and oxygen atoms in total. The number of nitrogens with one attached hydrogen (secondary N) is 2. The normalized spacial score (nSPS) is 21.9. The lowest BCUT2D eigenvalue weighted by molar-refractivity contribution is -0.120. The van der Waals surface area contributed by atoms with E-state index in [1.54, 1.807) is 16.8 Å². The Bertz CT molecular complexity index is 527. The van der Waals surface area contributed by atoms with Crippen LogP contribution in [0.2, 0.25) is 0 Å². The van der Waals surface area contributed by atoms with Crippen molar-refractivity contribution in [3.63, 3.8) is 0 Å². The third-order valence-electron chi connectivity index (χ3n) is 3.50. The molecule has 1 amide bonds. The number of aromatic nitrogens is 1. The molecule has 1 aliphatic heterocycles. The standard InChI is InChI=1S/C14H21N3O3/c1-3-6-17-7-10(4-5-13(17)18)16-14(19)11-8-20-9-12(11)15-2/h4-5,7,11-12,15H,3,6,8-9H2,1-2H3,(H,16,19). The Hall–Kier alpha value is -1.66. The number of carbonyl (C=O) groups excluding carboxylic acids is 1. The Kier molecular flexibility index (Phi) is 4.92. The molecule has 0 radical (unpaired) electrons. The van der Waals surface area contributed by atoms with Gasteiger partial charge in [0.25, 0.3) is 5.56 Å². The van der Waals surface area contributed by atoms with Gasteiger partial charge in [0.15, 0.2) is 0 Å². The molecule has 6 heteroatoms. The maximum atomic E-state index is 12.2. The third kappa shape index (κ3) is 3.26. The van der Waals surface area contributed by atoms with Crippen LogP contribution >= 0.6 is 0 Å². The number of rotatable bonds is 5. The Morgan fingerprint density at radius 1 is 1.45 bits per heavy atom. The second kappa shape index (κ2) is 6.67. The molecule has 2 heterocycles. The van der Waals surface area contributed by atoms with Crippen LogP contribution in [0.15, 0.2) is 23.1 Å². The molecule has 2 atom stereocenters. The Balaban J connectivity index is 2.07. The van der Waals surface area contributed by atoms with E-state index in [1.165, 1.54) is 6.07 Å². The Labute approximate surface area is 118 Å². The van der Waals surface area contributed by atoms with Crippen molar-refractivity contribution < 1.29 is 9.53 Å². The quantitative estimate of drug-likeness (QED) is 0.820. The zero-order chi connectivity index (χ0) is 14.5. The lowest BCUT2D eigenvalue weighted by atomic mass is 10.0. The molecule has 0 saturated carbocycles. The van der Waals surface area contributed by atoms with Crippen molar-refractivity contribution in [2.24, 2.45) is 5.92 Å². The minimum atomic E-state index is -0.202. The summed E-state index contributed by atoms with van der Waals surface area (Å²) < 4.78 is 6.93. The molecule has 2 unspecified atom stereocenters. The number of likely N-dealkylation sites (N-methyl/N-ethyl adjacent to an activating group) is 1. The highest BCUT2D eigenvalue weighted by molar-refractivity contribution is 5.93. The fourth-order valence-electron chi connectivity index (χ4n) is 2.35. The summed E-state index contributed by atoms with van der Waals surface area (Å²) in [5, 5.41) is 5.94. The van der Waals surface area contributed by atoms with Crippen molar-refractivity contribution in [1.82, 2.24) is 9.88 Å². The molecule has 1 aliphatic rings. The number of amides is 1. The van der Waals surface area contributed by atoms with Crippen LogP contribution in [0.25, 0.3) is 0 Å². The SMILES string of the molecule is CCCn1cc(NC(=O)C2COCC2NC)ccc1=O. The van der Waals surface area contributed by atoms with Gasteiger partial charge in [-0.1, -0.05) is 6.92 Å². The van der Waals surface area contributed by atoms with Crippen LogP contribution in [-0.4, -0.2) is 36.8 Å². The second-order valence-corrected chi connectivity index (χ2v) is 4.98. The first kappa shape index (κ1) is 14.7. The smallest absolute Gasteiger partial charge is 0.250 e. The molecule has 1 saturated heterocycles. The van der Waals surface area contributed by atoms with E-state index >= 15 is 0 Å². The number of anilines is 1. The van der Waals surface area contributed by atoms with Crippen molar-refractivity contribution in [2.75, 3.05) is 25.6 Å². The third-order valence-corrected chi connectivity index (χ3v) is 3.50. The van der Waals surface area contributed by atoms with E-state index < -0.39 is 0 Å². The maximum Gasteiger partial charge on any atom is 0.250 e. The fraction of sp³-hybridized carbons (Fsp3) is 0.571. The van der Waals surface area contributed by atoms with Gasteiger partial charge in [0.05, 0.1) is 24.8 Å². The second-order valence-electron chi connectivity index (χ2n) is 4.98. The summed E-state index contributed by atoms with van der Waals surface area (Å²) in [6.07, 6.45) is 2.56. The molecule has 1 aromatic rings. The number of pyridine rings is 1. The van der Waals surface area contributed by atoms with Crippen LogP contribution in [0.5, 0.6) is 0 Å². The monoisotopic (exact) mass is 279 g/mol. The Morgan fingerprint density at radius 2 is 2.25 bits per heavy atom. The van der Waals surface area contributed by atoms with Crippen LogP contribution in [0.1, 0.15) is 13.3 Å². The van der Waals surface area contributed by atoms with E-state index in [0.717, 1.165) is 6.42 Å². The van der Waals surface area contributed by atoms with Crippen LogP contribution in [-0.2, 0) is 16.1 Å². The lowest BCUT2D eigenvalue weighted by Crippen LogP contribution is -2.39. The zero-order valence-corrected chi connectivity index (χ0v) is 11.9. The van der Waals surface area contributed by atoms with E-state index in [-0.39, 0.29) is 23.4 Å². The number of aryl methyl sites for hydroxylation is 1. The number of hydrogen-bond acceptors (Lipinski definition) is 4. The minimum Gasteiger partial charge on any atom is -0.379 e. The van der Waals surface area contributed by atoms with Crippen molar-refractivity contribution in [2.45, 2.75) is 25.9 Å². The van der Waals surface area contributed by atoms with E-state index in [4.69, 9.17) is 4.74 Å². The highest BCUT2D eigenvalue weighted by atomic mass is 16.5. The van der Waals surface area contributed by atoms with Crippen LogP contribution < -0.4 is 16.2 Å². The van der Waals surface area contributed by atoms with E-state index in [9.17, 15) is 9.59 Å². The Morgan fingerprint density at radius 3 is 2.95 bits per heavy atom. The highest BCUT2D eigenvalue weighted by Crippen LogP contribution is 2.16. The first-order chi connectivity index (χ1) is 9.65. The molecule has 1 fully saturated rings. The summed E-state index contributed by atoms with van der Waals surface area (Å²) in [4.78, 5) is 23.8. The average Bonchev–Trinajstić information content (AvgIpc) is 2.91.